The van der Waals surface area contributed by atoms with Gasteiger partial charge in [-0.3, -0.25) is 14.5 Å². The average molecular weight is 268 g/mol. The molecule has 1 fully saturated rings. The molecule has 6 heteroatoms. The summed E-state index contributed by atoms with van der Waals surface area (Å²) in [5.41, 5.74) is 5.39. The molecule has 1 rings (SSSR count). The summed E-state index contributed by atoms with van der Waals surface area (Å²) in [7, 11) is 0. The number of rotatable bonds is 7. The maximum atomic E-state index is 11.8. The molecule has 0 bridgehead atoms. The zero-order chi connectivity index (χ0) is 14.1. The van der Waals surface area contributed by atoms with Crippen molar-refractivity contribution < 1.29 is 9.59 Å². The molecule has 0 atom stereocenters. The van der Waals surface area contributed by atoms with E-state index in [0.717, 1.165) is 19.5 Å². The van der Waals surface area contributed by atoms with Gasteiger partial charge in [0.05, 0.1) is 6.54 Å². The second-order valence-electron chi connectivity index (χ2n) is 4.64. The molecule has 6 nitrogen and oxygen atoms in total. The molecule has 0 saturated carbocycles. The van der Waals surface area contributed by atoms with E-state index in [1.807, 2.05) is 4.90 Å². The first-order chi connectivity index (χ1) is 9.17. The zero-order valence-corrected chi connectivity index (χ0v) is 11.4. The molecule has 0 aromatic carbocycles. The summed E-state index contributed by atoms with van der Waals surface area (Å²) in [6.07, 6.45) is 2.92. The Kier molecular flexibility index (Phi) is 7.14. The van der Waals surface area contributed by atoms with Gasteiger partial charge < -0.3 is 16.0 Å². The van der Waals surface area contributed by atoms with E-state index < -0.39 is 0 Å². The Morgan fingerprint density at radius 1 is 1.26 bits per heavy atom. The van der Waals surface area contributed by atoms with E-state index >= 15 is 0 Å². The smallest absolute Gasteiger partial charge is 0.234 e. The average Bonchev–Trinajstić information content (AvgIpc) is 2.43. The normalized spacial score (nSPS) is 16.2. The molecule has 0 spiro atoms. The number of nitrogens with two attached hydrogens (primary N) is 1. The number of carbonyl (C=O) groups is 2. The van der Waals surface area contributed by atoms with Crippen molar-refractivity contribution in [3.8, 4) is 0 Å². The van der Waals surface area contributed by atoms with Crippen molar-refractivity contribution >= 4 is 11.8 Å². The van der Waals surface area contributed by atoms with Gasteiger partial charge in [0.15, 0.2) is 0 Å². The van der Waals surface area contributed by atoms with Gasteiger partial charge in [-0.2, -0.15) is 0 Å². The van der Waals surface area contributed by atoms with Crippen LogP contribution in [0.2, 0.25) is 0 Å². The highest BCUT2D eigenvalue weighted by atomic mass is 16.2. The standard InChI is InChI=1S/C13H24N4O2/c1-2-6-15-12(18)11-16-7-9-17(10-8-16)13(19)4-3-5-14/h2H,1,3-11,14H2,(H,15,18). The molecule has 1 aliphatic rings. The Morgan fingerprint density at radius 3 is 2.53 bits per heavy atom. The number of amides is 2. The van der Waals surface area contributed by atoms with Crippen LogP contribution in [0, 0.1) is 0 Å². The molecule has 0 unspecified atom stereocenters. The Bertz CT molecular complexity index is 312. The van der Waals surface area contributed by atoms with Gasteiger partial charge in [0.25, 0.3) is 0 Å². The first-order valence-corrected chi connectivity index (χ1v) is 6.75. The van der Waals surface area contributed by atoms with Crippen molar-refractivity contribution in [3.63, 3.8) is 0 Å². The summed E-state index contributed by atoms with van der Waals surface area (Å²) in [6.45, 7) is 7.86. The molecular weight excluding hydrogens is 244 g/mol. The number of piperazine rings is 1. The van der Waals surface area contributed by atoms with Crippen molar-refractivity contribution in [1.29, 1.82) is 0 Å². The summed E-state index contributed by atoms with van der Waals surface area (Å²) >= 11 is 0. The van der Waals surface area contributed by atoms with E-state index in [1.165, 1.54) is 0 Å². The van der Waals surface area contributed by atoms with Crippen LogP contribution in [-0.4, -0.2) is 67.4 Å². The van der Waals surface area contributed by atoms with Crippen LogP contribution in [0.25, 0.3) is 0 Å². The van der Waals surface area contributed by atoms with Crippen LogP contribution in [-0.2, 0) is 9.59 Å². The van der Waals surface area contributed by atoms with Crippen molar-refractivity contribution in [1.82, 2.24) is 15.1 Å². The molecule has 0 radical (unpaired) electrons. The van der Waals surface area contributed by atoms with Crippen LogP contribution < -0.4 is 11.1 Å². The van der Waals surface area contributed by atoms with Crippen molar-refractivity contribution in [2.24, 2.45) is 5.73 Å². The van der Waals surface area contributed by atoms with Crippen LogP contribution in [0.5, 0.6) is 0 Å². The van der Waals surface area contributed by atoms with Crippen LogP contribution in [0.1, 0.15) is 12.8 Å². The van der Waals surface area contributed by atoms with Gasteiger partial charge in [0, 0.05) is 39.1 Å². The second-order valence-corrected chi connectivity index (χ2v) is 4.64. The van der Waals surface area contributed by atoms with Crippen molar-refractivity contribution in [2.75, 3.05) is 45.8 Å². The molecular formula is C13H24N4O2. The van der Waals surface area contributed by atoms with Gasteiger partial charge >= 0.3 is 0 Å². The predicted octanol–water partition coefficient (Wildman–Crippen LogP) is -0.828. The molecule has 1 aliphatic heterocycles. The SMILES string of the molecule is C=CCNC(=O)CN1CCN(C(=O)CCCN)CC1. The summed E-state index contributed by atoms with van der Waals surface area (Å²) in [5.74, 6) is 0.170. The lowest BCUT2D eigenvalue weighted by molar-refractivity contribution is -0.133. The lowest BCUT2D eigenvalue weighted by Crippen LogP contribution is -2.51. The van der Waals surface area contributed by atoms with Crippen molar-refractivity contribution in [2.45, 2.75) is 12.8 Å². The highest BCUT2D eigenvalue weighted by Crippen LogP contribution is 2.04. The van der Waals surface area contributed by atoms with Gasteiger partial charge in [-0.25, -0.2) is 0 Å². The van der Waals surface area contributed by atoms with Gasteiger partial charge in [-0.15, -0.1) is 6.58 Å². The van der Waals surface area contributed by atoms with Crippen LogP contribution >= 0.6 is 0 Å². The Morgan fingerprint density at radius 2 is 1.95 bits per heavy atom. The fraction of sp³-hybridized carbons (Fsp3) is 0.692. The van der Waals surface area contributed by atoms with E-state index in [-0.39, 0.29) is 11.8 Å². The van der Waals surface area contributed by atoms with E-state index in [9.17, 15) is 9.59 Å². The fourth-order valence-corrected chi connectivity index (χ4v) is 2.01. The maximum Gasteiger partial charge on any atom is 0.234 e. The van der Waals surface area contributed by atoms with Gasteiger partial charge in [-0.05, 0) is 13.0 Å². The molecule has 0 aliphatic carbocycles. The molecule has 3 N–H and O–H groups in total. The van der Waals surface area contributed by atoms with E-state index in [1.54, 1.807) is 6.08 Å². The number of nitrogens with one attached hydrogen (secondary N) is 1. The lowest BCUT2D eigenvalue weighted by atomic mass is 10.2. The van der Waals surface area contributed by atoms with Crippen LogP contribution in [0.15, 0.2) is 12.7 Å². The maximum absolute atomic E-state index is 11.8. The second kappa shape index (κ2) is 8.66. The van der Waals surface area contributed by atoms with Crippen molar-refractivity contribution in [3.05, 3.63) is 12.7 Å². The summed E-state index contributed by atoms with van der Waals surface area (Å²) in [6, 6.07) is 0. The fourth-order valence-electron chi connectivity index (χ4n) is 2.01. The summed E-state index contributed by atoms with van der Waals surface area (Å²) in [4.78, 5) is 27.2. The Labute approximate surface area is 114 Å². The van der Waals surface area contributed by atoms with Crippen LogP contribution in [0.4, 0.5) is 0 Å². The molecule has 0 aromatic heterocycles. The molecule has 0 aromatic rings. The minimum absolute atomic E-state index is 0.00260. The number of carbonyl (C=O) groups excluding carboxylic acids is 2. The number of nitrogens with zero attached hydrogens (tertiary/aromatic N) is 2. The first-order valence-electron chi connectivity index (χ1n) is 6.75. The lowest BCUT2D eigenvalue weighted by Gasteiger charge is -2.34. The minimum atomic E-state index is 0.00260. The van der Waals surface area contributed by atoms with Gasteiger partial charge in [0.2, 0.25) is 11.8 Å². The third-order valence-electron chi connectivity index (χ3n) is 3.13. The quantitative estimate of drug-likeness (QED) is 0.591. The third kappa shape index (κ3) is 5.85. The van der Waals surface area contributed by atoms with Gasteiger partial charge in [-0.1, -0.05) is 6.08 Å². The zero-order valence-electron chi connectivity index (χ0n) is 11.4. The first kappa shape index (κ1) is 15.7. The molecule has 108 valence electrons. The molecule has 19 heavy (non-hydrogen) atoms. The number of hydrogen-bond acceptors (Lipinski definition) is 4. The molecule has 1 heterocycles. The summed E-state index contributed by atoms with van der Waals surface area (Å²) in [5, 5.41) is 2.75. The monoisotopic (exact) mass is 268 g/mol. The molecule has 2 amide bonds. The predicted molar refractivity (Wildman–Crippen MR) is 74.5 cm³/mol. The third-order valence-corrected chi connectivity index (χ3v) is 3.13. The largest absolute Gasteiger partial charge is 0.352 e. The highest BCUT2D eigenvalue weighted by molar-refractivity contribution is 5.78. The summed E-state index contributed by atoms with van der Waals surface area (Å²) < 4.78 is 0. The van der Waals surface area contributed by atoms with Gasteiger partial charge in [0.1, 0.15) is 0 Å². The van der Waals surface area contributed by atoms with E-state index in [2.05, 4.69) is 16.8 Å². The van der Waals surface area contributed by atoms with E-state index in [0.29, 0.717) is 39.1 Å². The van der Waals surface area contributed by atoms with E-state index in [4.69, 9.17) is 5.73 Å². The van der Waals surface area contributed by atoms with Crippen LogP contribution in [0.3, 0.4) is 0 Å². The Balaban J connectivity index is 2.23. The Hall–Kier alpha value is -1.40. The topological polar surface area (TPSA) is 78.7 Å². The highest BCUT2D eigenvalue weighted by Gasteiger charge is 2.21. The molecule has 1 saturated heterocycles. The minimum Gasteiger partial charge on any atom is -0.352 e. The number of hydrogen-bond donors (Lipinski definition) is 2.